The van der Waals surface area contributed by atoms with Crippen molar-refractivity contribution in [2.24, 2.45) is 5.92 Å². The molecule has 0 aliphatic carbocycles. The highest BCUT2D eigenvalue weighted by atomic mass is 32.1. The molecule has 0 radical (unpaired) electrons. The van der Waals surface area contributed by atoms with E-state index in [2.05, 4.69) is 19.1 Å². The minimum Gasteiger partial charge on any atom is -0.481 e. The van der Waals surface area contributed by atoms with Gasteiger partial charge in [-0.3, -0.25) is 4.79 Å². The van der Waals surface area contributed by atoms with Crippen LogP contribution in [0.15, 0.2) is 12.1 Å². The van der Waals surface area contributed by atoms with Gasteiger partial charge in [0.15, 0.2) is 0 Å². The molecule has 14 heavy (non-hydrogen) atoms. The SMILES string of the molecule is CCCc1ccc(CC(C)C(=O)O)s1. The van der Waals surface area contributed by atoms with E-state index in [4.69, 9.17) is 5.11 Å². The highest BCUT2D eigenvalue weighted by molar-refractivity contribution is 7.12. The number of hydrogen-bond donors (Lipinski definition) is 1. The topological polar surface area (TPSA) is 37.3 Å². The zero-order valence-corrected chi connectivity index (χ0v) is 9.43. The third kappa shape index (κ3) is 3.14. The first-order valence-electron chi connectivity index (χ1n) is 4.94. The summed E-state index contributed by atoms with van der Waals surface area (Å²) in [6.07, 6.45) is 2.91. The summed E-state index contributed by atoms with van der Waals surface area (Å²) in [5.74, 6) is -0.987. The van der Waals surface area contributed by atoms with Crippen molar-refractivity contribution >= 4 is 17.3 Å². The van der Waals surface area contributed by atoms with E-state index in [1.54, 1.807) is 18.3 Å². The summed E-state index contributed by atoms with van der Waals surface area (Å²) in [6, 6.07) is 4.16. The third-order valence-electron chi connectivity index (χ3n) is 2.14. The van der Waals surface area contributed by atoms with Crippen LogP contribution in [0.25, 0.3) is 0 Å². The van der Waals surface area contributed by atoms with Gasteiger partial charge in [-0.1, -0.05) is 20.3 Å². The van der Waals surface area contributed by atoms with E-state index in [9.17, 15) is 4.79 Å². The van der Waals surface area contributed by atoms with Crippen molar-refractivity contribution in [3.8, 4) is 0 Å². The van der Waals surface area contributed by atoms with Crippen molar-refractivity contribution in [3.63, 3.8) is 0 Å². The largest absolute Gasteiger partial charge is 0.481 e. The Labute approximate surface area is 88.6 Å². The lowest BCUT2D eigenvalue weighted by Crippen LogP contribution is -2.11. The molecule has 0 saturated carbocycles. The van der Waals surface area contributed by atoms with Crippen LogP contribution in [0, 0.1) is 5.92 Å². The molecule has 1 N–H and O–H groups in total. The lowest BCUT2D eigenvalue weighted by Gasteiger charge is -2.02. The van der Waals surface area contributed by atoms with Crippen molar-refractivity contribution in [1.29, 1.82) is 0 Å². The second-order valence-corrected chi connectivity index (χ2v) is 4.81. The molecule has 1 atom stereocenters. The summed E-state index contributed by atoms with van der Waals surface area (Å²) in [6.45, 7) is 3.90. The predicted octanol–water partition coefficient (Wildman–Crippen LogP) is 2.96. The minimum atomic E-state index is -0.713. The first kappa shape index (κ1) is 11.2. The van der Waals surface area contributed by atoms with Gasteiger partial charge >= 0.3 is 5.97 Å². The van der Waals surface area contributed by atoms with Crippen molar-refractivity contribution in [2.75, 3.05) is 0 Å². The fourth-order valence-corrected chi connectivity index (χ4v) is 2.55. The molecule has 0 bridgehead atoms. The van der Waals surface area contributed by atoms with Gasteiger partial charge in [-0.2, -0.15) is 0 Å². The van der Waals surface area contributed by atoms with Crippen LogP contribution in [0.1, 0.15) is 30.0 Å². The fraction of sp³-hybridized carbons (Fsp3) is 0.545. The van der Waals surface area contributed by atoms with Crippen LogP contribution in [0.4, 0.5) is 0 Å². The van der Waals surface area contributed by atoms with Crippen LogP contribution >= 0.6 is 11.3 Å². The maximum atomic E-state index is 10.6. The smallest absolute Gasteiger partial charge is 0.306 e. The van der Waals surface area contributed by atoms with E-state index in [-0.39, 0.29) is 5.92 Å². The molecule has 1 rings (SSSR count). The monoisotopic (exact) mass is 212 g/mol. The van der Waals surface area contributed by atoms with E-state index in [1.165, 1.54) is 9.75 Å². The number of carbonyl (C=O) groups is 1. The third-order valence-corrected chi connectivity index (χ3v) is 3.31. The number of hydrogen-bond acceptors (Lipinski definition) is 2. The molecule has 0 saturated heterocycles. The molecule has 0 aliphatic heterocycles. The number of carboxylic acid groups (broad SMARTS) is 1. The van der Waals surface area contributed by atoms with Crippen molar-refractivity contribution < 1.29 is 9.90 Å². The minimum absolute atomic E-state index is 0.275. The van der Waals surface area contributed by atoms with Gasteiger partial charge in [-0.05, 0) is 25.0 Å². The van der Waals surface area contributed by atoms with E-state index in [1.807, 2.05) is 0 Å². The van der Waals surface area contributed by atoms with Gasteiger partial charge < -0.3 is 5.11 Å². The molecular weight excluding hydrogens is 196 g/mol. The van der Waals surface area contributed by atoms with Gasteiger partial charge in [0.1, 0.15) is 0 Å². The summed E-state index contributed by atoms with van der Waals surface area (Å²) < 4.78 is 0. The molecule has 0 aromatic carbocycles. The second kappa shape index (κ2) is 5.15. The summed E-state index contributed by atoms with van der Waals surface area (Å²) in [7, 11) is 0. The highest BCUT2D eigenvalue weighted by Crippen LogP contribution is 2.21. The molecule has 2 nitrogen and oxygen atoms in total. The van der Waals surface area contributed by atoms with Crippen LogP contribution in [0.2, 0.25) is 0 Å². The van der Waals surface area contributed by atoms with Crippen LogP contribution in [0.3, 0.4) is 0 Å². The zero-order chi connectivity index (χ0) is 10.6. The molecule has 0 aliphatic rings. The fourth-order valence-electron chi connectivity index (χ4n) is 1.30. The number of rotatable bonds is 5. The van der Waals surface area contributed by atoms with E-state index >= 15 is 0 Å². The molecule has 0 fully saturated rings. The number of carboxylic acids is 1. The molecular formula is C11H16O2S. The Balaban J connectivity index is 2.55. The average molecular weight is 212 g/mol. The van der Waals surface area contributed by atoms with Gasteiger partial charge in [0.25, 0.3) is 0 Å². The quantitative estimate of drug-likeness (QED) is 0.814. The van der Waals surface area contributed by atoms with Crippen LogP contribution in [-0.2, 0) is 17.6 Å². The number of aliphatic carboxylic acids is 1. The average Bonchev–Trinajstić information content (AvgIpc) is 2.53. The summed E-state index contributed by atoms with van der Waals surface area (Å²) in [4.78, 5) is 13.2. The first-order chi connectivity index (χ1) is 6.63. The second-order valence-electron chi connectivity index (χ2n) is 3.56. The van der Waals surface area contributed by atoms with Gasteiger partial charge in [0.05, 0.1) is 5.92 Å². The standard InChI is InChI=1S/C11H16O2S/c1-3-4-9-5-6-10(14-9)7-8(2)11(12)13/h5-6,8H,3-4,7H2,1-2H3,(H,12,13). The Kier molecular flexibility index (Phi) is 4.14. The Morgan fingerprint density at radius 2 is 2.14 bits per heavy atom. The van der Waals surface area contributed by atoms with Gasteiger partial charge in [0, 0.05) is 9.75 Å². The zero-order valence-electron chi connectivity index (χ0n) is 8.62. The Morgan fingerprint density at radius 1 is 1.50 bits per heavy atom. The lowest BCUT2D eigenvalue weighted by atomic mass is 10.1. The molecule has 1 unspecified atom stereocenters. The normalized spacial score (nSPS) is 12.7. The first-order valence-corrected chi connectivity index (χ1v) is 5.75. The molecule has 1 heterocycles. The highest BCUT2D eigenvalue weighted by Gasteiger charge is 2.12. The van der Waals surface area contributed by atoms with Crippen LogP contribution < -0.4 is 0 Å². The molecule has 1 aromatic heterocycles. The van der Waals surface area contributed by atoms with Crippen molar-refractivity contribution in [2.45, 2.75) is 33.1 Å². The maximum absolute atomic E-state index is 10.6. The summed E-state index contributed by atoms with van der Waals surface area (Å²) >= 11 is 1.74. The van der Waals surface area contributed by atoms with Crippen molar-refractivity contribution in [1.82, 2.24) is 0 Å². The maximum Gasteiger partial charge on any atom is 0.306 e. The Hall–Kier alpha value is -0.830. The Bertz CT molecular complexity index is 304. The number of thiophene rings is 1. The number of aryl methyl sites for hydroxylation is 1. The van der Waals surface area contributed by atoms with E-state index < -0.39 is 5.97 Å². The molecule has 3 heteroatoms. The molecule has 78 valence electrons. The summed E-state index contributed by atoms with van der Waals surface area (Å²) in [5.41, 5.74) is 0. The van der Waals surface area contributed by atoms with Crippen LogP contribution in [-0.4, -0.2) is 11.1 Å². The Morgan fingerprint density at radius 3 is 2.71 bits per heavy atom. The molecule has 1 aromatic rings. The molecule has 0 amide bonds. The van der Waals surface area contributed by atoms with E-state index in [0.717, 1.165) is 12.8 Å². The molecule has 0 spiro atoms. The van der Waals surface area contributed by atoms with Crippen LogP contribution in [0.5, 0.6) is 0 Å². The van der Waals surface area contributed by atoms with Gasteiger partial charge in [-0.25, -0.2) is 0 Å². The van der Waals surface area contributed by atoms with E-state index in [0.29, 0.717) is 6.42 Å². The lowest BCUT2D eigenvalue weighted by molar-refractivity contribution is -0.141. The van der Waals surface area contributed by atoms with Crippen molar-refractivity contribution in [3.05, 3.63) is 21.9 Å². The summed E-state index contributed by atoms with van der Waals surface area (Å²) in [5, 5.41) is 8.76. The predicted molar refractivity (Wildman–Crippen MR) is 58.8 cm³/mol. The van der Waals surface area contributed by atoms with Gasteiger partial charge in [0.2, 0.25) is 0 Å². The van der Waals surface area contributed by atoms with Gasteiger partial charge in [-0.15, -0.1) is 11.3 Å².